The first-order chi connectivity index (χ1) is 8.89. The maximum absolute atomic E-state index is 11.3. The van der Waals surface area contributed by atoms with E-state index in [1.165, 1.54) is 0 Å². The van der Waals surface area contributed by atoms with Crippen LogP contribution in [-0.4, -0.2) is 51.8 Å². The van der Waals surface area contributed by atoms with Crippen LogP contribution in [0.5, 0.6) is 0 Å². The van der Waals surface area contributed by atoms with Crippen molar-refractivity contribution in [3.8, 4) is 0 Å². The van der Waals surface area contributed by atoms with E-state index in [9.17, 15) is 4.79 Å². The maximum atomic E-state index is 11.3. The standard InChI is InChI=1S/C13H26N2O4/c1-13(2,3)19-12(16)15-9-7-6-8-14-10-11(17-4)18-5/h6-7,11,14H,8-10H2,1-5H3,(H,15,16)/b7-6+. The first-order valence-electron chi connectivity index (χ1n) is 6.27. The van der Waals surface area contributed by atoms with Crippen LogP contribution in [-0.2, 0) is 14.2 Å². The summed E-state index contributed by atoms with van der Waals surface area (Å²) in [5, 5.41) is 5.77. The molecule has 0 fully saturated rings. The number of hydrogen-bond donors (Lipinski definition) is 2. The van der Waals surface area contributed by atoms with E-state index in [0.717, 1.165) is 0 Å². The van der Waals surface area contributed by atoms with Crippen LogP contribution in [0.15, 0.2) is 12.2 Å². The van der Waals surface area contributed by atoms with Crippen LogP contribution in [0, 0.1) is 0 Å². The number of ether oxygens (including phenoxy) is 3. The second kappa shape index (κ2) is 9.77. The van der Waals surface area contributed by atoms with Gasteiger partial charge in [-0.25, -0.2) is 4.79 Å². The molecule has 112 valence electrons. The molecule has 0 aromatic heterocycles. The van der Waals surface area contributed by atoms with Crippen LogP contribution in [0.3, 0.4) is 0 Å². The van der Waals surface area contributed by atoms with Gasteiger partial charge in [-0.3, -0.25) is 0 Å². The molecule has 0 atom stereocenters. The molecule has 0 aromatic carbocycles. The molecule has 0 radical (unpaired) electrons. The Morgan fingerprint density at radius 3 is 2.26 bits per heavy atom. The molecule has 0 saturated heterocycles. The Hall–Kier alpha value is -1.11. The second-order valence-electron chi connectivity index (χ2n) is 4.91. The lowest BCUT2D eigenvalue weighted by Crippen LogP contribution is -2.32. The Kier molecular flexibility index (Phi) is 9.20. The molecule has 19 heavy (non-hydrogen) atoms. The zero-order valence-electron chi connectivity index (χ0n) is 12.5. The minimum absolute atomic E-state index is 0.242. The summed E-state index contributed by atoms with van der Waals surface area (Å²) < 4.78 is 15.1. The van der Waals surface area contributed by atoms with Crippen molar-refractivity contribution in [1.82, 2.24) is 10.6 Å². The minimum atomic E-state index is -0.468. The van der Waals surface area contributed by atoms with Gasteiger partial charge in [0.25, 0.3) is 0 Å². The van der Waals surface area contributed by atoms with Crippen molar-refractivity contribution in [3.05, 3.63) is 12.2 Å². The van der Waals surface area contributed by atoms with Gasteiger partial charge in [0.2, 0.25) is 0 Å². The number of carbonyl (C=O) groups is 1. The van der Waals surface area contributed by atoms with Crippen molar-refractivity contribution < 1.29 is 19.0 Å². The van der Waals surface area contributed by atoms with E-state index in [1.54, 1.807) is 14.2 Å². The predicted octanol–water partition coefficient (Wildman–Crippen LogP) is 1.28. The first-order valence-corrected chi connectivity index (χ1v) is 6.27. The van der Waals surface area contributed by atoms with Gasteiger partial charge >= 0.3 is 6.09 Å². The molecule has 0 aromatic rings. The fourth-order valence-corrected chi connectivity index (χ4v) is 1.17. The maximum Gasteiger partial charge on any atom is 0.407 e. The number of amides is 1. The predicted molar refractivity (Wildman–Crippen MR) is 74.1 cm³/mol. The van der Waals surface area contributed by atoms with Gasteiger partial charge in [0.05, 0.1) is 0 Å². The van der Waals surface area contributed by atoms with E-state index >= 15 is 0 Å². The van der Waals surface area contributed by atoms with Crippen LogP contribution in [0.4, 0.5) is 4.79 Å². The topological polar surface area (TPSA) is 68.8 Å². The van der Waals surface area contributed by atoms with Crippen molar-refractivity contribution in [2.75, 3.05) is 33.9 Å². The molecular weight excluding hydrogens is 248 g/mol. The molecule has 0 spiro atoms. The van der Waals surface area contributed by atoms with Crippen molar-refractivity contribution in [3.63, 3.8) is 0 Å². The number of nitrogens with one attached hydrogen (secondary N) is 2. The summed E-state index contributed by atoms with van der Waals surface area (Å²) in [6, 6.07) is 0. The van der Waals surface area contributed by atoms with Crippen LogP contribution in [0.2, 0.25) is 0 Å². The van der Waals surface area contributed by atoms with Gasteiger partial charge in [-0.2, -0.15) is 0 Å². The lowest BCUT2D eigenvalue weighted by Gasteiger charge is -2.19. The third-order valence-corrected chi connectivity index (χ3v) is 2.03. The molecule has 0 heterocycles. The monoisotopic (exact) mass is 274 g/mol. The summed E-state index contributed by atoms with van der Waals surface area (Å²) in [5.74, 6) is 0. The Labute approximate surface area is 115 Å². The fraction of sp³-hybridized carbons (Fsp3) is 0.769. The lowest BCUT2D eigenvalue weighted by molar-refractivity contribution is -0.0983. The highest BCUT2D eigenvalue weighted by molar-refractivity contribution is 5.67. The number of alkyl carbamates (subject to hydrolysis) is 1. The Bertz CT molecular complexity index is 270. The van der Waals surface area contributed by atoms with Crippen LogP contribution < -0.4 is 10.6 Å². The van der Waals surface area contributed by atoms with Gasteiger partial charge in [-0.05, 0) is 20.8 Å². The molecule has 0 bridgehead atoms. The molecule has 0 aliphatic rings. The quantitative estimate of drug-likeness (QED) is 0.396. The number of hydrogen-bond acceptors (Lipinski definition) is 5. The highest BCUT2D eigenvalue weighted by Gasteiger charge is 2.14. The minimum Gasteiger partial charge on any atom is -0.444 e. The summed E-state index contributed by atoms with van der Waals surface area (Å²) in [4.78, 5) is 11.3. The zero-order chi connectivity index (χ0) is 14.7. The largest absolute Gasteiger partial charge is 0.444 e. The summed E-state index contributed by atoms with van der Waals surface area (Å²) in [6.07, 6.45) is 3.11. The second-order valence-corrected chi connectivity index (χ2v) is 4.91. The van der Waals surface area contributed by atoms with Crippen molar-refractivity contribution in [2.24, 2.45) is 0 Å². The summed E-state index contributed by atoms with van der Waals surface area (Å²) in [5.41, 5.74) is -0.468. The average molecular weight is 274 g/mol. The Balaban J connectivity index is 3.57. The number of carbonyl (C=O) groups excluding carboxylic acids is 1. The van der Waals surface area contributed by atoms with E-state index in [2.05, 4.69) is 10.6 Å². The molecule has 0 saturated carbocycles. The van der Waals surface area contributed by atoms with Crippen molar-refractivity contribution >= 4 is 6.09 Å². The Morgan fingerprint density at radius 1 is 1.16 bits per heavy atom. The highest BCUT2D eigenvalue weighted by Crippen LogP contribution is 2.05. The molecule has 0 aliphatic carbocycles. The van der Waals surface area contributed by atoms with Crippen molar-refractivity contribution in [1.29, 1.82) is 0 Å². The molecule has 0 unspecified atom stereocenters. The van der Waals surface area contributed by atoms with Gasteiger partial charge in [-0.1, -0.05) is 12.2 Å². The lowest BCUT2D eigenvalue weighted by atomic mass is 10.2. The molecular formula is C13H26N2O4. The normalized spacial score (nSPS) is 12.1. The molecule has 0 aliphatic heterocycles. The molecule has 6 heteroatoms. The van der Waals surface area contributed by atoms with Crippen LogP contribution in [0.25, 0.3) is 0 Å². The Morgan fingerprint density at radius 2 is 1.74 bits per heavy atom. The van der Waals surface area contributed by atoms with Crippen LogP contribution >= 0.6 is 0 Å². The SMILES string of the molecule is COC(CNC/C=C/CNC(=O)OC(C)(C)C)OC. The highest BCUT2D eigenvalue weighted by atomic mass is 16.7. The van der Waals surface area contributed by atoms with Gasteiger partial charge in [0.1, 0.15) is 5.60 Å². The average Bonchev–Trinajstić information content (AvgIpc) is 2.30. The summed E-state index contributed by atoms with van der Waals surface area (Å²) in [6.45, 7) is 7.21. The summed E-state index contributed by atoms with van der Waals surface area (Å²) >= 11 is 0. The van der Waals surface area contributed by atoms with E-state index in [-0.39, 0.29) is 6.29 Å². The summed E-state index contributed by atoms with van der Waals surface area (Å²) in [7, 11) is 3.19. The van der Waals surface area contributed by atoms with Crippen LogP contribution in [0.1, 0.15) is 20.8 Å². The van der Waals surface area contributed by atoms with Gasteiger partial charge in [0, 0.05) is 33.9 Å². The van der Waals surface area contributed by atoms with E-state index in [1.807, 2.05) is 32.9 Å². The smallest absolute Gasteiger partial charge is 0.407 e. The van der Waals surface area contributed by atoms with E-state index in [4.69, 9.17) is 14.2 Å². The third-order valence-electron chi connectivity index (χ3n) is 2.03. The molecule has 1 amide bonds. The van der Waals surface area contributed by atoms with Gasteiger partial charge in [-0.15, -0.1) is 0 Å². The molecule has 6 nitrogen and oxygen atoms in total. The number of methoxy groups -OCH3 is 2. The fourth-order valence-electron chi connectivity index (χ4n) is 1.17. The zero-order valence-corrected chi connectivity index (χ0v) is 12.5. The van der Waals surface area contributed by atoms with Crippen molar-refractivity contribution in [2.45, 2.75) is 32.7 Å². The van der Waals surface area contributed by atoms with E-state index in [0.29, 0.717) is 19.6 Å². The van der Waals surface area contributed by atoms with Gasteiger partial charge < -0.3 is 24.8 Å². The van der Waals surface area contributed by atoms with Gasteiger partial charge in [0.15, 0.2) is 6.29 Å². The first kappa shape index (κ1) is 17.9. The molecule has 2 N–H and O–H groups in total. The number of rotatable bonds is 8. The van der Waals surface area contributed by atoms with E-state index < -0.39 is 11.7 Å². The third kappa shape index (κ3) is 11.7. The molecule has 0 rings (SSSR count).